The highest BCUT2D eigenvalue weighted by molar-refractivity contribution is 5.69. The van der Waals surface area contributed by atoms with Crippen LogP contribution >= 0.6 is 0 Å². The molecule has 0 aromatic rings. The lowest BCUT2D eigenvalue weighted by atomic mass is 9.65. The molecule has 0 saturated heterocycles. The minimum atomic E-state index is -0.0485. The maximum Gasteiger partial charge on any atom is 0.305 e. The monoisotopic (exact) mass is 362 g/mol. The molecule has 3 aliphatic rings. The van der Waals surface area contributed by atoms with E-state index in [4.69, 9.17) is 4.74 Å². The first-order valence-corrected chi connectivity index (χ1v) is 11.2. The molecule has 26 heavy (non-hydrogen) atoms. The molecule has 3 saturated carbocycles. The molecule has 0 spiro atoms. The SMILES string of the molecule is COC(=O)CCC1CCC([C@H]2CC[C@H]([C@H]3CC[C@H](C=O)CC3)CC2)CC1. The lowest BCUT2D eigenvalue weighted by molar-refractivity contribution is -0.141. The molecule has 3 heteroatoms. The molecule has 148 valence electrons. The maximum absolute atomic E-state index is 11.3. The van der Waals surface area contributed by atoms with E-state index in [0.717, 1.165) is 48.9 Å². The van der Waals surface area contributed by atoms with Crippen molar-refractivity contribution >= 4 is 12.3 Å². The van der Waals surface area contributed by atoms with Crippen molar-refractivity contribution in [2.45, 2.75) is 89.9 Å². The summed E-state index contributed by atoms with van der Waals surface area (Å²) in [7, 11) is 1.49. The predicted octanol–water partition coefficient (Wildman–Crippen LogP) is 5.56. The van der Waals surface area contributed by atoms with E-state index in [1.54, 1.807) is 0 Å². The van der Waals surface area contributed by atoms with Gasteiger partial charge < -0.3 is 9.53 Å². The largest absolute Gasteiger partial charge is 0.469 e. The fraction of sp³-hybridized carbons (Fsp3) is 0.913. The minimum absolute atomic E-state index is 0.0485. The van der Waals surface area contributed by atoms with Crippen LogP contribution in [0.2, 0.25) is 0 Å². The molecule has 0 aliphatic heterocycles. The molecule has 0 bridgehead atoms. The predicted molar refractivity (Wildman–Crippen MR) is 104 cm³/mol. The van der Waals surface area contributed by atoms with E-state index in [9.17, 15) is 9.59 Å². The Kier molecular flexibility index (Phi) is 7.57. The molecule has 0 heterocycles. The van der Waals surface area contributed by atoms with Gasteiger partial charge in [0.05, 0.1) is 7.11 Å². The zero-order valence-electron chi connectivity index (χ0n) is 16.7. The van der Waals surface area contributed by atoms with Crippen LogP contribution in [0.25, 0.3) is 0 Å². The number of esters is 1. The Hall–Kier alpha value is -0.860. The molecule has 0 N–H and O–H groups in total. The number of rotatable bonds is 6. The summed E-state index contributed by atoms with van der Waals surface area (Å²) < 4.78 is 4.77. The van der Waals surface area contributed by atoms with E-state index in [0.29, 0.717) is 12.3 Å². The van der Waals surface area contributed by atoms with Gasteiger partial charge in [-0.1, -0.05) is 12.8 Å². The molecule has 3 nitrogen and oxygen atoms in total. The van der Waals surface area contributed by atoms with Crippen molar-refractivity contribution in [2.24, 2.45) is 35.5 Å². The standard InChI is InChI=1S/C23H38O3/c1-26-23(25)15-6-17-2-7-19(8-3-17)21-11-13-22(14-12-21)20-9-4-18(16-24)5-10-20/h16-22H,2-15H2,1H3/t17?,18-,19?,20-,21-,22-. The fourth-order valence-electron chi connectivity index (χ4n) is 6.21. The lowest BCUT2D eigenvalue weighted by Gasteiger charge is -2.41. The Bertz CT molecular complexity index is 436. The van der Waals surface area contributed by atoms with Gasteiger partial charge in [-0.2, -0.15) is 0 Å². The number of hydrogen-bond donors (Lipinski definition) is 0. The van der Waals surface area contributed by atoms with Crippen LogP contribution in [-0.4, -0.2) is 19.4 Å². The van der Waals surface area contributed by atoms with Crippen LogP contribution in [0.5, 0.6) is 0 Å². The van der Waals surface area contributed by atoms with E-state index in [2.05, 4.69) is 0 Å². The van der Waals surface area contributed by atoms with Crippen molar-refractivity contribution in [3.8, 4) is 0 Å². The molecule has 0 radical (unpaired) electrons. The summed E-state index contributed by atoms with van der Waals surface area (Å²) in [6.07, 6.45) is 18.8. The summed E-state index contributed by atoms with van der Waals surface area (Å²) in [5.41, 5.74) is 0. The third-order valence-corrected chi connectivity index (χ3v) is 8.03. The van der Waals surface area contributed by atoms with Gasteiger partial charge in [-0.25, -0.2) is 0 Å². The first-order chi connectivity index (χ1) is 12.7. The van der Waals surface area contributed by atoms with Crippen LogP contribution in [0.15, 0.2) is 0 Å². The van der Waals surface area contributed by atoms with E-state index < -0.39 is 0 Å². The Morgan fingerprint density at radius 2 is 1.19 bits per heavy atom. The zero-order valence-corrected chi connectivity index (χ0v) is 16.7. The van der Waals surface area contributed by atoms with Gasteiger partial charge in [0, 0.05) is 12.3 Å². The highest BCUT2D eigenvalue weighted by Gasteiger charge is 2.34. The molecule has 0 aromatic heterocycles. The summed E-state index contributed by atoms with van der Waals surface area (Å²) in [5, 5.41) is 0. The number of carbonyl (C=O) groups is 2. The van der Waals surface area contributed by atoms with Crippen molar-refractivity contribution in [1.82, 2.24) is 0 Å². The fourth-order valence-corrected chi connectivity index (χ4v) is 6.21. The molecular formula is C23H38O3. The summed E-state index contributed by atoms with van der Waals surface area (Å²) in [5.74, 6) is 4.80. The molecule has 0 unspecified atom stereocenters. The molecule has 3 aliphatic carbocycles. The quantitative estimate of drug-likeness (QED) is 0.459. The lowest BCUT2D eigenvalue weighted by Crippen LogP contribution is -2.30. The first kappa shape index (κ1) is 19.9. The Labute approximate surface area is 159 Å². The van der Waals surface area contributed by atoms with Gasteiger partial charge in [0.25, 0.3) is 0 Å². The minimum Gasteiger partial charge on any atom is -0.469 e. The van der Waals surface area contributed by atoms with Crippen molar-refractivity contribution in [2.75, 3.05) is 7.11 Å². The molecule has 0 amide bonds. The van der Waals surface area contributed by atoms with Gasteiger partial charge in [0.2, 0.25) is 0 Å². The number of carbonyl (C=O) groups excluding carboxylic acids is 2. The molecule has 3 rings (SSSR count). The van der Waals surface area contributed by atoms with Gasteiger partial charge in [-0.15, -0.1) is 0 Å². The van der Waals surface area contributed by atoms with Gasteiger partial charge in [0.1, 0.15) is 6.29 Å². The summed E-state index contributed by atoms with van der Waals surface area (Å²) in [6, 6.07) is 0. The van der Waals surface area contributed by atoms with E-state index >= 15 is 0 Å². The Morgan fingerprint density at radius 1 is 0.769 bits per heavy atom. The Balaban J connectivity index is 1.34. The normalized spacial score (nSPS) is 38.5. The smallest absolute Gasteiger partial charge is 0.305 e. The van der Waals surface area contributed by atoms with Gasteiger partial charge in [0.15, 0.2) is 0 Å². The van der Waals surface area contributed by atoms with Gasteiger partial charge >= 0.3 is 5.97 Å². The summed E-state index contributed by atoms with van der Waals surface area (Å²) in [6.45, 7) is 0. The van der Waals surface area contributed by atoms with Crippen molar-refractivity contribution < 1.29 is 14.3 Å². The van der Waals surface area contributed by atoms with Gasteiger partial charge in [-0.3, -0.25) is 4.79 Å². The summed E-state index contributed by atoms with van der Waals surface area (Å²) in [4.78, 5) is 22.3. The van der Waals surface area contributed by atoms with Gasteiger partial charge in [-0.05, 0) is 100 Å². The van der Waals surface area contributed by atoms with Crippen LogP contribution < -0.4 is 0 Å². The van der Waals surface area contributed by atoms with E-state index in [-0.39, 0.29) is 5.97 Å². The van der Waals surface area contributed by atoms with Crippen molar-refractivity contribution in [3.63, 3.8) is 0 Å². The topological polar surface area (TPSA) is 43.4 Å². The first-order valence-electron chi connectivity index (χ1n) is 11.2. The van der Waals surface area contributed by atoms with Crippen LogP contribution in [0.3, 0.4) is 0 Å². The third kappa shape index (κ3) is 5.33. The Morgan fingerprint density at radius 3 is 1.62 bits per heavy atom. The number of methoxy groups -OCH3 is 1. The second-order valence-corrected chi connectivity index (χ2v) is 9.38. The molecular weight excluding hydrogens is 324 g/mol. The number of aldehydes is 1. The van der Waals surface area contributed by atoms with Crippen LogP contribution in [0, 0.1) is 35.5 Å². The number of hydrogen-bond acceptors (Lipinski definition) is 3. The van der Waals surface area contributed by atoms with E-state index in [1.165, 1.54) is 77.6 Å². The van der Waals surface area contributed by atoms with Crippen LogP contribution in [0.4, 0.5) is 0 Å². The van der Waals surface area contributed by atoms with E-state index in [1.807, 2.05) is 0 Å². The second kappa shape index (κ2) is 9.90. The van der Waals surface area contributed by atoms with Crippen LogP contribution in [0.1, 0.15) is 89.9 Å². The van der Waals surface area contributed by atoms with Crippen LogP contribution in [-0.2, 0) is 14.3 Å². The maximum atomic E-state index is 11.3. The number of ether oxygens (including phenoxy) is 1. The second-order valence-electron chi connectivity index (χ2n) is 9.38. The molecule has 3 fully saturated rings. The highest BCUT2D eigenvalue weighted by Crippen LogP contribution is 2.46. The average Bonchev–Trinajstić information content (AvgIpc) is 2.72. The van der Waals surface area contributed by atoms with Crippen molar-refractivity contribution in [3.05, 3.63) is 0 Å². The zero-order chi connectivity index (χ0) is 18.4. The third-order valence-electron chi connectivity index (χ3n) is 8.03. The highest BCUT2D eigenvalue weighted by atomic mass is 16.5. The molecule has 0 atom stereocenters. The van der Waals surface area contributed by atoms with Crippen molar-refractivity contribution in [1.29, 1.82) is 0 Å². The summed E-state index contributed by atoms with van der Waals surface area (Å²) >= 11 is 0. The molecule has 0 aromatic carbocycles. The average molecular weight is 363 g/mol.